The molecule has 0 aliphatic rings. The number of nitrogens with zero attached hydrogens (tertiary/aromatic N) is 1. The highest BCUT2D eigenvalue weighted by Gasteiger charge is 2.08. The molecule has 0 amide bonds. The van der Waals surface area contributed by atoms with Gasteiger partial charge in [-0.25, -0.2) is 0 Å². The van der Waals surface area contributed by atoms with E-state index < -0.39 is 0 Å². The van der Waals surface area contributed by atoms with Crippen LogP contribution in [0.1, 0.15) is 10.3 Å². The number of hydrogen-bond acceptors (Lipinski definition) is 2. The number of alkyl halides is 1. The first-order valence-corrected chi connectivity index (χ1v) is 4.84. The van der Waals surface area contributed by atoms with Gasteiger partial charge in [0.1, 0.15) is 0 Å². The van der Waals surface area contributed by atoms with Crippen molar-refractivity contribution in [1.82, 2.24) is 4.90 Å². The number of hydrogen-bond donors (Lipinski definition) is 0. The molecule has 11 heavy (non-hydrogen) atoms. The summed E-state index contributed by atoms with van der Waals surface area (Å²) in [5.74, 6) is 0. The molecule has 1 aromatic heterocycles. The molecule has 1 nitrogen and oxygen atoms in total. The number of thiophene rings is 1. The van der Waals surface area contributed by atoms with Gasteiger partial charge >= 0.3 is 0 Å². The molecule has 0 fully saturated rings. The minimum absolute atomic E-state index is 0.144. The molecule has 0 aromatic carbocycles. The number of halogens is 1. The lowest BCUT2D eigenvalue weighted by Crippen LogP contribution is -2.16. The molecule has 62 valence electrons. The van der Waals surface area contributed by atoms with Crippen molar-refractivity contribution in [3.63, 3.8) is 0 Å². The SMILES string of the molecule is CN(C)CC(Cl)c1cccs1. The molecule has 1 rings (SSSR count). The third kappa shape index (κ3) is 2.81. The Morgan fingerprint density at radius 3 is 2.82 bits per heavy atom. The van der Waals surface area contributed by atoms with E-state index in [4.69, 9.17) is 11.6 Å². The minimum Gasteiger partial charge on any atom is -0.308 e. The fraction of sp³-hybridized carbons (Fsp3) is 0.500. The zero-order valence-electron chi connectivity index (χ0n) is 6.75. The van der Waals surface area contributed by atoms with Crippen LogP contribution in [0.5, 0.6) is 0 Å². The van der Waals surface area contributed by atoms with Crippen LogP contribution in [0.25, 0.3) is 0 Å². The van der Waals surface area contributed by atoms with E-state index in [2.05, 4.69) is 16.3 Å². The highest BCUT2D eigenvalue weighted by molar-refractivity contribution is 7.10. The summed E-state index contributed by atoms with van der Waals surface area (Å²) in [6, 6.07) is 4.11. The lowest BCUT2D eigenvalue weighted by atomic mass is 10.3. The highest BCUT2D eigenvalue weighted by atomic mass is 35.5. The summed E-state index contributed by atoms with van der Waals surface area (Å²) in [6.45, 7) is 0.905. The Morgan fingerprint density at radius 2 is 2.36 bits per heavy atom. The van der Waals surface area contributed by atoms with Gasteiger partial charge in [0.05, 0.1) is 5.38 Å². The van der Waals surface area contributed by atoms with Crippen molar-refractivity contribution in [1.29, 1.82) is 0 Å². The van der Waals surface area contributed by atoms with E-state index in [1.54, 1.807) is 11.3 Å². The molecule has 0 spiro atoms. The van der Waals surface area contributed by atoms with Gasteiger partial charge < -0.3 is 4.90 Å². The average molecular weight is 190 g/mol. The lowest BCUT2D eigenvalue weighted by molar-refractivity contribution is 0.409. The molecule has 1 heterocycles. The number of rotatable bonds is 3. The van der Waals surface area contributed by atoms with Gasteiger partial charge in [-0.3, -0.25) is 0 Å². The predicted octanol–water partition coefficient (Wildman–Crippen LogP) is 2.59. The van der Waals surface area contributed by atoms with Crippen molar-refractivity contribution >= 4 is 22.9 Å². The van der Waals surface area contributed by atoms with Crippen LogP contribution < -0.4 is 0 Å². The van der Waals surface area contributed by atoms with Crippen LogP contribution in [0.15, 0.2) is 17.5 Å². The van der Waals surface area contributed by atoms with Crippen molar-refractivity contribution in [3.05, 3.63) is 22.4 Å². The molecule has 0 aliphatic carbocycles. The molecular weight excluding hydrogens is 178 g/mol. The Kier molecular flexibility index (Phi) is 3.37. The zero-order valence-corrected chi connectivity index (χ0v) is 8.32. The van der Waals surface area contributed by atoms with Crippen LogP contribution in [-0.4, -0.2) is 25.5 Å². The summed E-state index contributed by atoms with van der Waals surface area (Å²) in [5.41, 5.74) is 0. The predicted molar refractivity (Wildman–Crippen MR) is 51.5 cm³/mol. The minimum atomic E-state index is 0.144. The molecule has 1 aromatic rings. The Hall–Kier alpha value is -0.0500. The molecule has 1 unspecified atom stereocenters. The standard InChI is InChI=1S/C8H12ClNS/c1-10(2)6-7(9)8-4-3-5-11-8/h3-5,7H,6H2,1-2H3. The van der Waals surface area contributed by atoms with Crippen LogP contribution in [0.4, 0.5) is 0 Å². The molecule has 0 saturated carbocycles. The highest BCUT2D eigenvalue weighted by Crippen LogP contribution is 2.24. The first kappa shape index (κ1) is 9.04. The normalized spacial score (nSPS) is 13.8. The Labute approximate surface area is 76.6 Å². The third-order valence-corrected chi connectivity index (χ3v) is 2.87. The van der Waals surface area contributed by atoms with Gasteiger partial charge in [0.2, 0.25) is 0 Å². The maximum Gasteiger partial charge on any atom is 0.0804 e. The first-order valence-electron chi connectivity index (χ1n) is 3.52. The van der Waals surface area contributed by atoms with Crippen molar-refractivity contribution in [2.75, 3.05) is 20.6 Å². The fourth-order valence-corrected chi connectivity index (χ4v) is 2.08. The molecule has 3 heteroatoms. The molecule has 0 saturated heterocycles. The summed E-state index contributed by atoms with van der Waals surface area (Å²) < 4.78 is 0. The summed E-state index contributed by atoms with van der Waals surface area (Å²) in [4.78, 5) is 3.34. The van der Waals surface area contributed by atoms with Gasteiger partial charge in [-0.05, 0) is 25.5 Å². The van der Waals surface area contributed by atoms with Crippen LogP contribution in [0.2, 0.25) is 0 Å². The largest absolute Gasteiger partial charge is 0.308 e. The van der Waals surface area contributed by atoms with Crippen molar-refractivity contribution in [2.24, 2.45) is 0 Å². The van der Waals surface area contributed by atoms with Gasteiger partial charge in [-0.15, -0.1) is 22.9 Å². The van der Waals surface area contributed by atoms with Gasteiger partial charge in [-0.1, -0.05) is 6.07 Å². The third-order valence-electron chi connectivity index (χ3n) is 1.38. The Balaban J connectivity index is 2.49. The van der Waals surface area contributed by atoms with E-state index in [9.17, 15) is 0 Å². The van der Waals surface area contributed by atoms with Crippen LogP contribution in [0, 0.1) is 0 Å². The Morgan fingerprint density at radius 1 is 1.64 bits per heavy atom. The molecule has 0 N–H and O–H groups in total. The van der Waals surface area contributed by atoms with Crippen LogP contribution in [-0.2, 0) is 0 Å². The summed E-state index contributed by atoms with van der Waals surface area (Å²) in [6.07, 6.45) is 0. The molecule has 0 aliphatic heterocycles. The topological polar surface area (TPSA) is 3.24 Å². The van der Waals surface area contributed by atoms with Crippen LogP contribution in [0.3, 0.4) is 0 Å². The first-order chi connectivity index (χ1) is 5.20. The van der Waals surface area contributed by atoms with E-state index in [0.717, 1.165) is 6.54 Å². The smallest absolute Gasteiger partial charge is 0.0804 e. The monoisotopic (exact) mass is 189 g/mol. The molecule has 0 radical (unpaired) electrons. The summed E-state index contributed by atoms with van der Waals surface area (Å²) in [7, 11) is 4.06. The summed E-state index contributed by atoms with van der Waals surface area (Å²) >= 11 is 7.83. The van der Waals surface area contributed by atoms with Gasteiger partial charge in [0.15, 0.2) is 0 Å². The van der Waals surface area contributed by atoms with E-state index in [0.29, 0.717) is 0 Å². The second-order valence-electron chi connectivity index (χ2n) is 2.75. The fourth-order valence-electron chi connectivity index (χ4n) is 0.880. The average Bonchev–Trinajstić information content (AvgIpc) is 2.35. The molecule has 0 bridgehead atoms. The lowest BCUT2D eigenvalue weighted by Gasteiger charge is -2.13. The second kappa shape index (κ2) is 4.10. The van der Waals surface area contributed by atoms with Gasteiger partial charge in [0.25, 0.3) is 0 Å². The maximum atomic E-state index is 6.11. The van der Waals surface area contributed by atoms with Gasteiger partial charge in [0, 0.05) is 11.4 Å². The second-order valence-corrected chi connectivity index (χ2v) is 4.25. The van der Waals surface area contributed by atoms with Gasteiger partial charge in [-0.2, -0.15) is 0 Å². The number of likely N-dealkylation sites (N-methyl/N-ethyl adjacent to an activating group) is 1. The van der Waals surface area contributed by atoms with E-state index in [1.165, 1.54) is 4.88 Å². The summed E-state index contributed by atoms with van der Waals surface area (Å²) in [5, 5.41) is 2.20. The van der Waals surface area contributed by atoms with Crippen LogP contribution >= 0.6 is 22.9 Å². The van der Waals surface area contributed by atoms with Crippen molar-refractivity contribution < 1.29 is 0 Å². The quantitative estimate of drug-likeness (QED) is 0.661. The van der Waals surface area contributed by atoms with E-state index in [1.807, 2.05) is 20.2 Å². The Bertz CT molecular complexity index is 196. The maximum absolute atomic E-state index is 6.11. The van der Waals surface area contributed by atoms with E-state index in [-0.39, 0.29) is 5.38 Å². The molecular formula is C8H12ClNS. The van der Waals surface area contributed by atoms with Crippen molar-refractivity contribution in [3.8, 4) is 0 Å². The molecule has 1 atom stereocenters. The van der Waals surface area contributed by atoms with E-state index >= 15 is 0 Å². The van der Waals surface area contributed by atoms with Crippen molar-refractivity contribution in [2.45, 2.75) is 5.38 Å². The zero-order chi connectivity index (χ0) is 8.27.